The number of ether oxygens (including phenoxy) is 1. The number of rotatable bonds is 6. The van der Waals surface area contributed by atoms with Gasteiger partial charge in [0.1, 0.15) is 0 Å². The summed E-state index contributed by atoms with van der Waals surface area (Å²) in [5, 5.41) is 0.738. The molecule has 1 fully saturated rings. The first-order valence-electron chi connectivity index (χ1n) is 7.68. The molecule has 0 saturated carbocycles. The van der Waals surface area contributed by atoms with Crippen molar-refractivity contribution >= 4 is 17.5 Å². The zero-order valence-corrected chi connectivity index (χ0v) is 13.6. The number of hydrogen-bond acceptors (Lipinski definition) is 2. The lowest BCUT2D eigenvalue weighted by Gasteiger charge is -2.28. The van der Waals surface area contributed by atoms with Gasteiger partial charge in [0.25, 0.3) is 0 Å². The van der Waals surface area contributed by atoms with E-state index in [-0.39, 0.29) is 17.9 Å². The van der Waals surface area contributed by atoms with Crippen molar-refractivity contribution in [3.05, 3.63) is 34.9 Å². The first-order valence-corrected chi connectivity index (χ1v) is 8.06. The molecule has 1 amide bonds. The van der Waals surface area contributed by atoms with Gasteiger partial charge in [0, 0.05) is 31.2 Å². The number of nitrogens with zero attached hydrogens (tertiary/aromatic N) is 1. The van der Waals surface area contributed by atoms with Gasteiger partial charge in [-0.2, -0.15) is 0 Å². The first-order chi connectivity index (χ1) is 10.1. The van der Waals surface area contributed by atoms with E-state index in [0.717, 1.165) is 43.9 Å². The van der Waals surface area contributed by atoms with Crippen LogP contribution >= 0.6 is 11.6 Å². The van der Waals surface area contributed by atoms with Crippen LogP contribution in [0.4, 0.5) is 0 Å². The van der Waals surface area contributed by atoms with Gasteiger partial charge >= 0.3 is 0 Å². The minimum absolute atomic E-state index is 0.0630. The summed E-state index contributed by atoms with van der Waals surface area (Å²) in [5.74, 6) is 0.330. The summed E-state index contributed by atoms with van der Waals surface area (Å²) >= 11 is 5.95. The van der Waals surface area contributed by atoms with E-state index in [2.05, 4.69) is 0 Å². The molecule has 0 N–H and O–H groups in total. The summed E-state index contributed by atoms with van der Waals surface area (Å²) in [5.41, 5.74) is 1.19. The van der Waals surface area contributed by atoms with Crippen molar-refractivity contribution in [1.29, 1.82) is 0 Å². The lowest BCUT2D eigenvalue weighted by molar-refractivity contribution is -0.136. The van der Waals surface area contributed by atoms with Crippen LogP contribution in [0.15, 0.2) is 24.3 Å². The van der Waals surface area contributed by atoms with E-state index in [4.69, 9.17) is 16.3 Å². The molecule has 3 nitrogen and oxygen atoms in total. The Labute approximate surface area is 132 Å². The van der Waals surface area contributed by atoms with Crippen LogP contribution in [0.5, 0.6) is 0 Å². The van der Waals surface area contributed by atoms with E-state index in [1.165, 1.54) is 5.56 Å². The Balaban J connectivity index is 2.00. The van der Waals surface area contributed by atoms with Crippen molar-refractivity contribution in [3.63, 3.8) is 0 Å². The number of halogens is 1. The van der Waals surface area contributed by atoms with Gasteiger partial charge in [0.05, 0.1) is 6.04 Å². The number of methoxy groups -OCH3 is 1. The van der Waals surface area contributed by atoms with E-state index >= 15 is 0 Å². The predicted molar refractivity (Wildman–Crippen MR) is 85.4 cm³/mol. The number of hydrogen-bond donors (Lipinski definition) is 0. The fraction of sp³-hybridized carbons (Fsp3) is 0.588. The van der Waals surface area contributed by atoms with Crippen molar-refractivity contribution in [2.24, 2.45) is 5.92 Å². The third-order valence-electron chi connectivity index (χ3n) is 4.20. The van der Waals surface area contributed by atoms with Crippen molar-refractivity contribution in [2.75, 3.05) is 20.3 Å². The van der Waals surface area contributed by atoms with Gasteiger partial charge in [-0.25, -0.2) is 0 Å². The molecule has 0 spiro atoms. The molecule has 1 aromatic carbocycles. The summed E-state index contributed by atoms with van der Waals surface area (Å²) in [6.07, 6.45) is 3.93. The largest absolute Gasteiger partial charge is 0.385 e. The van der Waals surface area contributed by atoms with E-state index in [1.54, 1.807) is 7.11 Å². The highest BCUT2D eigenvalue weighted by molar-refractivity contribution is 6.30. The maximum Gasteiger partial charge on any atom is 0.225 e. The zero-order chi connectivity index (χ0) is 15.2. The number of amides is 1. The van der Waals surface area contributed by atoms with Crippen LogP contribution in [-0.2, 0) is 9.53 Å². The van der Waals surface area contributed by atoms with Gasteiger partial charge in [-0.1, -0.05) is 30.7 Å². The lowest BCUT2D eigenvalue weighted by Crippen LogP contribution is -2.34. The smallest absolute Gasteiger partial charge is 0.225 e. The van der Waals surface area contributed by atoms with Gasteiger partial charge in [0.2, 0.25) is 5.91 Å². The molecule has 1 aliphatic rings. The highest BCUT2D eigenvalue weighted by Gasteiger charge is 2.31. The molecule has 116 valence electrons. The minimum Gasteiger partial charge on any atom is -0.385 e. The minimum atomic E-state index is 0.0630. The molecule has 0 radical (unpaired) electrons. The Morgan fingerprint density at radius 1 is 1.43 bits per heavy atom. The highest BCUT2D eigenvalue weighted by Crippen LogP contribution is 2.34. The van der Waals surface area contributed by atoms with Crippen molar-refractivity contribution in [2.45, 2.75) is 38.6 Å². The molecule has 1 heterocycles. The zero-order valence-electron chi connectivity index (χ0n) is 12.8. The van der Waals surface area contributed by atoms with Gasteiger partial charge in [-0.15, -0.1) is 0 Å². The molecular formula is C17H24ClNO2. The second-order valence-electron chi connectivity index (χ2n) is 5.78. The normalized spacial score (nSPS) is 19.8. The maximum atomic E-state index is 12.6. The van der Waals surface area contributed by atoms with Crippen LogP contribution in [0.2, 0.25) is 5.02 Å². The van der Waals surface area contributed by atoms with Crippen molar-refractivity contribution in [1.82, 2.24) is 4.90 Å². The lowest BCUT2D eigenvalue weighted by atomic mass is 10.0. The van der Waals surface area contributed by atoms with Gasteiger partial charge in [-0.3, -0.25) is 4.79 Å². The standard InChI is InChI=1S/C17H24ClNO2/c1-13(5-4-12-21-2)17(20)19-11-3-6-16(19)14-7-9-15(18)10-8-14/h7-10,13,16H,3-6,11-12H2,1-2H3/t13-,16-/m0/s1. The monoisotopic (exact) mass is 309 g/mol. The van der Waals surface area contributed by atoms with Gasteiger partial charge in [0.15, 0.2) is 0 Å². The molecule has 2 atom stereocenters. The number of carbonyl (C=O) groups is 1. The summed E-state index contributed by atoms with van der Waals surface area (Å²) in [7, 11) is 1.70. The van der Waals surface area contributed by atoms with Crippen molar-refractivity contribution < 1.29 is 9.53 Å². The van der Waals surface area contributed by atoms with Crippen molar-refractivity contribution in [3.8, 4) is 0 Å². The van der Waals surface area contributed by atoms with E-state index < -0.39 is 0 Å². The average Bonchev–Trinajstić information content (AvgIpc) is 2.96. The molecule has 0 aromatic heterocycles. The molecule has 0 aliphatic carbocycles. The molecule has 4 heteroatoms. The topological polar surface area (TPSA) is 29.5 Å². The number of likely N-dealkylation sites (tertiary alicyclic amines) is 1. The van der Waals surface area contributed by atoms with Crippen LogP contribution in [0.3, 0.4) is 0 Å². The van der Waals surface area contributed by atoms with Crippen LogP contribution < -0.4 is 0 Å². The van der Waals surface area contributed by atoms with Gasteiger partial charge in [-0.05, 0) is 43.4 Å². The third-order valence-corrected chi connectivity index (χ3v) is 4.45. The second kappa shape index (κ2) is 7.81. The third kappa shape index (κ3) is 4.21. The Hall–Kier alpha value is -1.06. The van der Waals surface area contributed by atoms with E-state index in [9.17, 15) is 4.79 Å². The first kappa shape index (κ1) is 16.3. The molecule has 0 unspecified atom stereocenters. The van der Waals surface area contributed by atoms with Crippen LogP contribution in [0.1, 0.15) is 44.2 Å². The van der Waals surface area contributed by atoms with E-state index in [1.807, 2.05) is 36.1 Å². The number of carbonyl (C=O) groups excluding carboxylic acids is 1. The number of benzene rings is 1. The Bertz CT molecular complexity index is 460. The predicted octanol–water partition coefficient (Wildman–Crippen LogP) is 4.07. The Morgan fingerprint density at radius 2 is 2.14 bits per heavy atom. The maximum absolute atomic E-state index is 12.6. The quantitative estimate of drug-likeness (QED) is 0.741. The summed E-state index contributed by atoms with van der Waals surface area (Å²) < 4.78 is 5.06. The SMILES string of the molecule is COCCC[C@H](C)C(=O)N1CCC[C@H]1c1ccc(Cl)cc1. The summed E-state index contributed by atoms with van der Waals surface area (Å²) in [4.78, 5) is 14.7. The Morgan fingerprint density at radius 3 is 2.81 bits per heavy atom. The van der Waals surface area contributed by atoms with Crippen LogP contribution in [0.25, 0.3) is 0 Å². The Kier molecular flexibility index (Phi) is 6.07. The molecule has 2 rings (SSSR count). The summed E-state index contributed by atoms with van der Waals surface area (Å²) in [6, 6.07) is 8.09. The van der Waals surface area contributed by atoms with Crippen LogP contribution in [0, 0.1) is 5.92 Å². The highest BCUT2D eigenvalue weighted by atomic mass is 35.5. The van der Waals surface area contributed by atoms with Gasteiger partial charge < -0.3 is 9.64 Å². The average molecular weight is 310 g/mol. The molecule has 1 saturated heterocycles. The molecule has 0 bridgehead atoms. The molecule has 1 aliphatic heterocycles. The summed E-state index contributed by atoms with van der Waals surface area (Å²) in [6.45, 7) is 3.61. The molecular weight excluding hydrogens is 286 g/mol. The van der Waals surface area contributed by atoms with Crippen LogP contribution in [-0.4, -0.2) is 31.1 Å². The molecule has 1 aromatic rings. The fourth-order valence-electron chi connectivity index (χ4n) is 3.00. The second-order valence-corrected chi connectivity index (χ2v) is 6.21. The van der Waals surface area contributed by atoms with E-state index in [0.29, 0.717) is 0 Å². The molecule has 21 heavy (non-hydrogen) atoms. The fourth-order valence-corrected chi connectivity index (χ4v) is 3.13.